The van der Waals surface area contributed by atoms with Crippen LogP contribution in [0.15, 0.2) is 48.5 Å². The molecule has 0 heterocycles. The molecule has 2 aromatic rings. The van der Waals surface area contributed by atoms with Crippen molar-refractivity contribution in [2.75, 3.05) is 30.0 Å². The molecule has 24 heavy (non-hydrogen) atoms. The highest BCUT2D eigenvalue weighted by Gasteiger charge is 2.16. The average Bonchev–Trinajstić information content (AvgIpc) is 2.54. The van der Waals surface area contributed by atoms with E-state index in [1.54, 1.807) is 43.5 Å². The van der Waals surface area contributed by atoms with Crippen LogP contribution in [0, 0.1) is 0 Å². The van der Waals surface area contributed by atoms with Crippen molar-refractivity contribution in [1.82, 2.24) is 0 Å². The van der Waals surface area contributed by atoms with Crippen LogP contribution >= 0.6 is 0 Å². The molecule has 0 saturated carbocycles. The Kier molecular flexibility index (Phi) is 5.46. The van der Waals surface area contributed by atoms with Crippen molar-refractivity contribution in [3.8, 4) is 5.75 Å². The molecule has 0 atom stereocenters. The Labute approximate surface area is 142 Å². The van der Waals surface area contributed by atoms with E-state index < -0.39 is 10.0 Å². The van der Waals surface area contributed by atoms with Gasteiger partial charge in [0, 0.05) is 7.05 Å². The number of methoxy groups -OCH3 is 1. The maximum Gasteiger partial charge on any atom is 0.232 e. The van der Waals surface area contributed by atoms with Crippen molar-refractivity contribution < 1.29 is 17.9 Å². The van der Waals surface area contributed by atoms with Gasteiger partial charge in [0.15, 0.2) is 0 Å². The highest BCUT2D eigenvalue weighted by molar-refractivity contribution is 7.92. The molecule has 1 N–H and O–H groups in total. The van der Waals surface area contributed by atoms with E-state index >= 15 is 0 Å². The number of carbonyl (C=O) groups is 1. The molecule has 0 spiro atoms. The maximum atomic E-state index is 12.3. The van der Waals surface area contributed by atoms with Gasteiger partial charge in [-0.2, -0.15) is 0 Å². The fourth-order valence-electron chi connectivity index (χ4n) is 2.16. The first-order chi connectivity index (χ1) is 11.3. The molecular weight excluding hydrogens is 328 g/mol. The Bertz CT molecular complexity index is 817. The first-order valence-corrected chi connectivity index (χ1v) is 9.12. The van der Waals surface area contributed by atoms with Crippen molar-refractivity contribution >= 4 is 27.3 Å². The highest BCUT2D eigenvalue weighted by atomic mass is 32.2. The van der Waals surface area contributed by atoms with Gasteiger partial charge in [-0.15, -0.1) is 0 Å². The number of carbonyl (C=O) groups excluding carboxylic acids is 1. The van der Waals surface area contributed by atoms with Crippen LogP contribution in [0.2, 0.25) is 0 Å². The molecule has 128 valence electrons. The zero-order chi connectivity index (χ0) is 17.7. The van der Waals surface area contributed by atoms with Gasteiger partial charge in [0.1, 0.15) is 5.75 Å². The molecule has 0 bridgehead atoms. The number of ether oxygens (including phenoxy) is 1. The Morgan fingerprint density at radius 1 is 1.12 bits per heavy atom. The van der Waals surface area contributed by atoms with Crippen LogP contribution in [-0.4, -0.2) is 34.7 Å². The molecule has 2 aromatic carbocycles. The Hall–Kier alpha value is -2.54. The quantitative estimate of drug-likeness (QED) is 0.869. The number of amides is 1. The lowest BCUT2D eigenvalue weighted by atomic mass is 10.1. The third-order valence-electron chi connectivity index (χ3n) is 3.54. The lowest BCUT2D eigenvalue weighted by Gasteiger charge is -2.20. The van der Waals surface area contributed by atoms with E-state index in [2.05, 4.69) is 5.32 Å². The van der Waals surface area contributed by atoms with Crippen molar-refractivity contribution in [3.05, 3.63) is 54.1 Å². The summed E-state index contributed by atoms with van der Waals surface area (Å²) < 4.78 is 29.7. The average molecular weight is 348 g/mol. The van der Waals surface area contributed by atoms with Gasteiger partial charge in [-0.25, -0.2) is 8.42 Å². The first kappa shape index (κ1) is 17.8. The molecular formula is C17H20N2O4S. The Morgan fingerprint density at radius 2 is 1.75 bits per heavy atom. The second kappa shape index (κ2) is 7.35. The van der Waals surface area contributed by atoms with Gasteiger partial charge in [-0.1, -0.05) is 24.3 Å². The molecule has 0 aliphatic carbocycles. The lowest BCUT2D eigenvalue weighted by Crippen LogP contribution is -2.26. The van der Waals surface area contributed by atoms with Crippen LogP contribution in [-0.2, 0) is 21.2 Å². The van der Waals surface area contributed by atoms with Gasteiger partial charge < -0.3 is 10.1 Å². The van der Waals surface area contributed by atoms with E-state index in [1.807, 2.05) is 12.1 Å². The summed E-state index contributed by atoms with van der Waals surface area (Å²) >= 11 is 0. The number of anilines is 2. The van der Waals surface area contributed by atoms with Crippen LogP contribution < -0.4 is 14.4 Å². The number of rotatable bonds is 6. The van der Waals surface area contributed by atoms with Gasteiger partial charge in [0.25, 0.3) is 0 Å². The molecule has 0 unspecified atom stereocenters. The zero-order valence-corrected chi connectivity index (χ0v) is 14.6. The van der Waals surface area contributed by atoms with Gasteiger partial charge in [-0.05, 0) is 29.8 Å². The molecule has 0 radical (unpaired) electrons. The summed E-state index contributed by atoms with van der Waals surface area (Å²) in [6.07, 6.45) is 1.30. The van der Waals surface area contributed by atoms with Crippen LogP contribution in [0.3, 0.4) is 0 Å². The minimum Gasteiger partial charge on any atom is -0.497 e. The topological polar surface area (TPSA) is 75.7 Å². The summed E-state index contributed by atoms with van der Waals surface area (Å²) in [7, 11) is -0.384. The Balaban J connectivity index is 2.14. The monoisotopic (exact) mass is 348 g/mol. The third-order valence-corrected chi connectivity index (χ3v) is 4.73. The summed E-state index contributed by atoms with van der Waals surface area (Å²) in [6, 6.07) is 14.0. The summed E-state index contributed by atoms with van der Waals surface area (Å²) in [5, 5.41) is 2.76. The predicted molar refractivity (Wildman–Crippen MR) is 95.0 cm³/mol. The van der Waals surface area contributed by atoms with Gasteiger partial charge >= 0.3 is 0 Å². The predicted octanol–water partition coefficient (Wildman–Crippen LogP) is 2.27. The number of sulfonamides is 1. The normalized spacial score (nSPS) is 11.0. The second-order valence-electron chi connectivity index (χ2n) is 5.32. The second-order valence-corrected chi connectivity index (χ2v) is 7.33. The molecule has 0 aliphatic heterocycles. The summed E-state index contributed by atoms with van der Waals surface area (Å²) in [5.74, 6) is 0.494. The smallest absolute Gasteiger partial charge is 0.232 e. The van der Waals surface area contributed by atoms with Gasteiger partial charge in [0.2, 0.25) is 15.9 Å². The molecule has 2 rings (SSSR count). The largest absolute Gasteiger partial charge is 0.497 e. The van der Waals surface area contributed by atoms with Gasteiger partial charge in [-0.3, -0.25) is 9.10 Å². The third kappa shape index (κ3) is 4.48. The van der Waals surface area contributed by atoms with E-state index in [4.69, 9.17) is 4.74 Å². The lowest BCUT2D eigenvalue weighted by molar-refractivity contribution is -0.115. The van der Waals surface area contributed by atoms with Crippen molar-refractivity contribution in [1.29, 1.82) is 0 Å². The van der Waals surface area contributed by atoms with E-state index in [-0.39, 0.29) is 12.3 Å². The van der Waals surface area contributed by atoms with E-state index in [0.29, 0.717) is 11.4 Å². The van der Waals surface area contributed by atoms with E-state index in [1.165, 1.54) is 7.05 Å². The number of nitrogens with zero attached hydrogens (tertiary/aromatic N) is 1. The number of para-hydroxylation sites is 2. The van der Waals surface area contributed by atoms with Crippen LogP contribution in [0.1, 0.15) is 5.56 Å². The van der Waals surface area contributed by atoms with Crippen molar-refractivity contribution in [2.24, 2.45) is 0 Å². The minimum atomic E-state index is -3.41. The fraction of sp³-hybridized carbons (Fsp3) is 0.235. The van der Waals surface area contributed by atoms with Gasteiger partial charge in [0.05, 0.1) is 31.2 Å². The van der Waals surface area contributed by atoms with Crippen molar-refractivity contribution in [3.63, 3.8) is 0 Å². The zero-order valence-electron chi connectivity index (χ0n) is 13.8. The van der Waals surface area contributed by atoms with Crippen molar-refractivity contribution in [2.45, 2.75) is 6.42 Å². The number of hydrogen-bond acceptors (Lipinski definition) is 4. The minimum absolute atomic E-state index is 0.181. The standard InChI is InChI=1S/C17H20N2O4S/c1-19(24(3,21)22)16-7-5-4-6-15(16)18-17(20)12-13-8-10-14(23-2)11-9-13/h4-11H,12H2,1-3H3,(H,18,20). The van der Waals surface area contributed by atoms with Crippen LogP contribution in [0.5, 0.6) is 5.75 Å². The highest BCUT2D eigenvalue weighted by Crippen LogP contribution is 2.26. The molecule has 0 aliphatic rings. The fourth-order valence-corrected chi connectivity index (χ4v) is 2.67. The molecule has 0 fully saturated rings. The molecule has 0 saturated heterocycles. The number of benzene rings is 2. The maximum absolute atomic E-state index is 12.3. The van der Waals surface area contributed by atoms with E-state index in [0.717, 1.165) is 21.9 Å². The summed E-state index contributed by atoms with van der Waals surface area (Å²) in [6.45, 7) is 0. The Morgan fingerprint density at radius 3 is 2.33 bits per heavy atom. The SMILES string of the molecule is COc1ccc(CC(=O)Nc2ccccc2N(C)S(C)(=O)=O)cc1. The molecule has 0 aromatic heterocycles. The summed E-state index contributed by atoms with van der Waals surface area (Å²) in [5.41, 5.74) is 1.70. The molecule has 6 nitrogen and oxygen atoms in total. The van der Waals surface area contributed by atoms with Crippen LogP contribution in [0.4, 0.5) is 11.4 Å². The number of hydrogen-bond donors (Lipinski definition) is 1. The number of nitrogens with one attached hydrogen (secondary N) is 1. The molecule has 7 heteroatoms. The first-order valence-electron chi connectivity index (χ1n) is 7.27. The summed E-state index contributed by atoms with van der Waals surface area (Å²) in [4.78, 5) is 12.3. The van der Waals surface area contributed by atoms with E-state index in [9.17, 15) is 13.2 Å². The molecule has 1 amide bonds. The van der Waals surface area contributed by atoms with Crippen LogP contribution in [0.25, 0.3) is 0 Å².